The van der Waals surface area contributed by atoms with Gasteiger partial charge in [0.15, 0.2) is 12.6 Å². The lowest BCUT2D eigenvalue weighted by Gasteiger charge is -2.46. The molecule has 1 amide bonds. The summed E-state index contributed by atoms with van der Waals surface area (Å²) >= 11 is 0. The molecule has 14 heteroatoms. The van der Waals surface area contributed by atoms with Crippen molar-refractivity contribution in [3.05, 3.63) is 60.8 Å². The second-order valence-corrected chi connectivity index (χ2v) is 30.6. The maximum Gasteiger partial charge on any atom is 0.220 e. The molecule has 0 saturated carbocycles. The number of aliphatic hydroxyl groups is 8. The van der Waals surface area contributed by atoms with Crippen molar-refractivity contribution in [1.29, 1.82) is 0 Å². The molecule has 2 aliphatic rings. The van der Waals surface area contributed by atoms with E-state index in [2.05, 4.69) is 67.8 Å². The Labute approximate surface area is 626 Å². The number of carbonyl (C=O) groups excluding carboxylic acids is 1. The zero-order valence-corrected chi connectivity index (χ0v) is 65.9. The smallest absolute Gasteiger partial charge is 0.220 e. The van der Waals surface area contributed by atoms with Gasteiger partial charge in [0.1, 0.15) is 48.8 Å². The monoisotopic (exact) mass is 1440 g/mol. The number of rotatable bonds is 74. The van der Waals surface area contributed by atoms with Crippen LogP contribution in [-0.2, 0) is 23.7 Å². The first-order valence-corrected chi connectivity index (χ1v) is 43.5. The van der Waals surface area contributed by atoms with Crippen LogP contribution in [0, 0.1) is 0 Å². The number of ether oxygens (including phenoxy) is 4. The third-order valence-corrected chi connectivity index (χ3v) is 21.2. The lowest BCUT2D eigenvalue weighted by atomic mass is 9.97. The normalized spacial score (nSPS) is 21.9. The number of unbranched alkanes of at least 4 members (excludes halogenated alkanes) is 53. The van der Waals surface area contributed by atoms with E-state index in [1.165, 1.54) is 308 Å². The molecule has 14 nitrogen and oxygen atoms in total. The Bertz CT molecular complexity index is 1950. The zero-order valence-electron chi connectivity index (χ0n) is 65.9. The first-order chi connectivity index (χ1) is 50.1. The molecule has 0 aliphatic carbocycles. The largest absolute Gasteiger partial charge is 0.394 e. The first kappa shape index (κ1) is 95.8. The molecule has 2 heterocycles. The minimum atomic E-state index is -1.79. The van der Waals surface area contributed by atoms with E-state index in [0.717, 1.165) is 64.2 Å². The average molecular weight is 1440 g/mol. The number of allylic oxidation sites excluding steroid dienone is 9. The minimum absolute atomic E-state index is 0.230. The van der Waals surface area contributed by atoms with Crippen LogP contribution in [0.1, 0.15) is 399 Å². The molecular formula is C88H163NO13. The molecule has 0 aromatic carbocycles. The first-order valence-electron chi connectivity index (χ1n) is 43.5. The highest BCUT2D eigenvalue weighted by atomic mass is 16.7. The van der Waals surface area contributed by atoms with Crippen molar-refractivity contribution in [1.82, 2.24) is 5.32 Å². The van der Waals surface area contributed by atoms with Crippen molar-refractivity contribution in [3.8, 4) is 0 Å². The number of nitrogens with one attached hydrogen (secondary N) is 1. The van der Waals surface area contributed by atoms with E-state index < -0.39 is 86.8 Å². The van der Waals surface area contributed by atoms with Gasteiger partial charge in [0, 0.05) is 6.42 Å². The number of hydrogen-bond acceptors (Lipinski definition) is 13. The molecule has 0 spiro atoms. The van der Waals surface area contributed by atoms with E-state index in [0.29, 0.717) is 6.42 Å². The molecule has 102 heavy (non-hydrogen) atoms. The van der Waals surface area contributed by atoms with Crippen molar-refractivity contribution >= 4 is 5.91 Å². The number of amides is 1. The Morgan fingerprint density at radius 1 is 0.363 bits per heavy atom. The van der Waals surface area contributed by atoms with E-state index in [1.807, 2.05) is 6.08 Å². The highest BCUT2D eigenvalue weighted by Gasteiger charge is 2.51. The Morgan fingerprint density at radius 3 is 1.04 bits per heavy atom. The summed E-state index contributed by atoms with van der Waals surface area (Å²) in [5.74, 6) is -0.230. The predicted octanol–water partition coefficient (Wildman–Crippen LogP) is 20.7. The fourth-order valence-corrected chi connectivity index (χ4v) is 14.4. The second-order valence-electron chi connectivity index (χ2n) is 30.6. The zero-order chi connectivity index (χ0) is 73.7. The maximum absolute atomic E-state index is 13.4. The molecule has 2 rings (SSSR count). The molecule has 598 valence electrons. The Balaban J connectivity index is 1.55. The molecule has 0 aromatic heterocycles. The van der Waals surface area contributed by atoms with E-state index in [9.17, 15) is 45.6 Å². The Morgan fingerprint density at radius 2 is 0.676 bits per heavy atom. The van der Waals surface area contributed by atoms with Crippen LogP contribution >= 0.6 is 0 Å². The molecule has 12 unspecified atom stereocenters. The predicted molar refractivity (Wildman–Crippen MR) is 424 cm³/mol. The van der Waals surface area contributed by atoms with E-state index in [4.69, 9.17) is 18.9 Å². The topological polar surface area (TPSA) is 228 Å². The van der Waals surface area contributed by atoms with Crippen LogP contribution in [0.2, 0.25) is 0 Å². The second kappa shape index (κ2) is 71.6. The summed E-state index contributed by atoms with van der Waals surface area (Å²) in [4.78, 5) is 13.4. The summed E-state index contributed by atoms with van der Waals surface area (Å²) in [6.07, 6.45) is 81.9. The van der Waals surface area contributed by atoms with Crippen LogP contribution in [-0.4, -0.2) is 140 Å². The Hall–Kier alpha value is -2.31. The van der Waals surface area contributed by atoms with Gasteiger partial charge in [-0.05, 0) is 57.8 Å². The van der Waals surface area contributed by atoms with Crippen LogP contribution in [0.15, 0.2) is 60.8 Å². The van der Waals surface area contributed by atoms with Crippen molar-refractivity contribution < 1.29 is 64.6 Å². The van der Waals surface area contributed by atoms with Crippen LogP contribution < -0.4 is 5.32 Å². The summed E-state index contributed by atoms with van der Waals surface area (Å²) in [5, 5.41) is 87.8. The van der Waals surface area contributed by atoms with Gasteiger partial charge >= 0.3 is 0 Å². The molecule has 0 radical (unpaired) electrons. The van der Waals surface area contributed by atoms with Crippen LogP contribution in [0.5, 0.6) is 0 Å². The Kier molecular flexibility index (Phi) is 67.2. The van der Waals surface area contributed by atoms with Gasteiger partial charge in [-0.25, -0.2) is 0 Å². The number of aliphatic hydroxyl groups excluding tert-OH is 8. The van der Waals surface area contributed by atoms with Gasteiger partial charge in [-0.2, -0.15) is 0 Å². The standard InChI is InChI=1S/C88H163NO13/c1-3-5-7-9-11-13-15-17-19-21-23-25-27-29-31-32-33-34-35-36-37-38-39-40-41-42-43-44-46-48-50-52-54-56-58-60-62-64-66-68-70-72-80(93)89-76(75-99-87-85(98)83(96)86(79(74-91)101-87)102-88-84(97)82(95)81(94)78(73-90)100-88)77(92)71-69-67-65-63-61-59-57-55-53-51-49-47-45-30-28-26-24-22-20-18-16-14-12-10-8-6-4-2/h5,7,11,13,17,19,23,25,69,71,76-79,81-88,90-92,94-98H,3-4,6,8-10,12,14-16,18,20-22,24,26-68,70,72-75H2,1-2H3,(H,89,93)/b7-5-,13-11-,19-17-,25-23-,71-69+. The molecule has 12 atom stereocenters. The summed E-state index contributed by atoms with van der Waals surface area (Å²) in [5.41, 5.74) is 0. The van der Waals surface area contributed by atoms with Crippen molar-refractivity contribution in [3.63, 3.8) is 0 Å². The molecule has 9 N–H and O–H groups in total. The van der Waals surface area contributed by atoms with Crippen molar-refractivity contribution in [2.75, 3.05) is 19.8 Å². The third-order valence-electron chi connectivity index (χ3n) is 21.2. The number of hydrogen-bond donors (Lipinski definition) is 9. The highest BCUT2D eigenvalue weighted by Crippen LogP contribution is 2.31. The third kappa shape index (κ3) is 53.5. The van der Waals surface area contributed by atoms with Crippen LogP contribution in [0.3, 0.4) is 0 Å². The van der Waals surface area contributed by atoms with Gasteiger partial charge in [-0.15, -0.1) is 0 Å². The minimum Gasteiger partial charge on any atom is -0.394 e. The fraction of sp³-hybridized carbons (Fsp3) is 0.875. The molecule has 0 aromatic rings. The van der Waals surface area contributed by atoms with Gasteiger partial charge in [0.25, 0.3) is 0 Å². The summed E-state index contributed by atoms with van der Waals surface area (Å²) < 4.78 is 23.0. The average Bonchev–Trinajstić information content (AvgIpc) is 0.790. The van der Waals surface area contributed by atoms with E-state index in [1.54, 1.807) is 6.08 Å². The van der Waals surface area contributed by atoms with E-state index >= 15 is 0 Å². The summed E-state index contributed by atoms with van der Waals surface area (Å²) in [7, 11) is 0. The summed E-state index contributed by atoms with van der Waals surface area (Å²) in [6.45, 7) is 2.75. The van der Waals surface area contributed by atoms with Crippen LogP contribution in [0.25, 0.3) is 0 Å². The molecule has 0 bridgehead atoms. The van der Waals surface area contributed by atoms with Crippen molar-refractivity contribution in [2.24, 2.45) is 0 Å². The highest BCUT2D eigenvalue weighted by molar-refractivity contribution is 5.76. The summed E-state index contributed by atoms with van der Waals surface area (Å²) in [6, 6.07) is -0.916. The van der Waals surface area contributed by atoms with Crippen molar-refractivity contribution in [2.45, 2.75) is 473 Å². The molecule has 2 saturated heterocycles. The SMILES string of the molecule is CC/C=C\C/C=C\C/C=C\C/C=C\CCCCCCCCCCCCCCCCCCCCCCCCCCCCCCC(=O)NC(COC1OC(CO)C(OC2OC(CO)C(O)C(O)C2O)C(O)C1O)C(O)/C=C/CCCCCCCCCCCCCCCCCCCCCCCCCCC. The quantitative estimate of drug-likeness (QED) is 0.0204. The van der Waals surface area contributed by atoms with Gasteiger partial charge in [-0.3, -0.25) is 4.79 Å². The number of carbonyl (C=O) groups is 1. The van der Waals surface area contributed by atoms with Gasteiger partial charge in [-0.1, -0.05) is 396 Å². The lowest BCUT2D eigenvalue weighted by molar-refractivity contribution is -0.359. The van der Waals surface area contributed by atoms with Gasteiger partial charge in [0.05, 0.1) is 32.0 Å². The van der Waals surface area contributed by atoms with Gasteiger partial charge < -0.3 is 65.1 Å². The molecular weight excluding hydrogens is 1280 g/mol. The molecule has 2 aliphatic heterocycles. The fourth-order valence-electron chi connectivity index (χ4n) is 14.4. The van der Waals surface area contributed by atoms with Gasteiger partial charge in [0.2, 0.25) is 5.91 Å². The molecule has 2 fully saturated rings. The lowest BCUT2D eigenvalue weighted by Crippen LogP contribution is -2.65. The van der Waals surface area contributed by atoms with E-state index in [-0.39, 0.29) is 18.9 Å². The maximum atomic E-state index is 13.4. The van der Waals surface area contributed by atoms with Crippen LogP contribution in [0.4, 0.5) is 0 Å².